The van der Waals surface area contributed by atoms with E-state index in [1.807, 2.05) is 24.3 Å². The van der Waals surface area contributed by atoms with Gasteiger partial charge in [0.2, 0.25) is 0 Å². The van der Waals surface area contributed by atoms with Crippen LogP contribution in [-0.2, 0) is 0 Å². The highest BCUT2D eigenvalue weighted by Crippen LogP contribution is 2.28. The second-order valence-corrected chi connectivity index (χ2v) is 2.97. The van der Waals surface area contributed by atoms with E-state index in [2.05, 4.69) is 27.4 Å². The minimum atomic E-state index is 1.11. The molecule has 1 aromatic rings. The summed E-state index contributed by atoms with van der Waals surface area (Å²) >= 11 is 3.44. The molecular formula is C8H5BrN+. The molecule has 2 heteroatoms. The molecule has 0 aliphatic carbocycles. The Balaban J connectivity index is 2.67. The van der Waals surface area contributed by atoms with Crippen molar-refractivity contribution < 1.29 is 0 Å². The first-order valence-electron chi connectivity index (χ1n) is 3.01. The lowest BCUT2D eigenvalue weighted by Crippen LogP contribution is -1.82. The van der Waals surface area contributed by atoms with Crippen molar-refractivity contribution >= 4 is 27.7 Å². The van der Waals surface area contributed by atoms with E-state index in [1.165, 1.54) is 5.56 Å². The smallest absolute Gasteiger partial charge is 0.197 e. The average Bonchev–Trinajstić information content (AvgIpc) is 2.36. The number of anilines is 1. The molecule has 10 heavy (non-hydrogen) atoms. The molecule has 0 spiro atoms. The Bertz CT molecular complexity index is 291. The van der Waals surface area contributed by atoms with E-state index in [4.69, 9.17) is 0 Å². The van der Waals surface area contributed by atoms with Gasteiger partial charge in [0.15, 0.2) is 11.3 Å². The Hall–Kier alpha value is -0.850. The van der Waals surface area contributed by atoms with Crippen molar-refractivity contribution in [1.82, 2.24) is 0 Å². The van der Waals surface area contributed by atoms with Gasteiger partial charge in [-0.2, -0.15) is 5.32 Å². The lowest BCUT2D eigenvalue weighted by Gasteiger charge is -1.88. The molecule has 1 N–H and O–H groups in total. The summed E-state index contributed by atoms with van der Waals surface area (Å²) in [7, 11) is 0. The number of fused-ring (bicyclic) bond motifs is 1. The molecule has 0 atom stereocenters. The molecule has 48 valence electrons. The SMILES string of the molecule is Brc1cccc2c1C=[C+]N2. The second kappa shape index (κ2) is 2.08. The summed E-state index contributed by atoms with van der Waals surface area (Å²) in [6.07, 6.45) is 4.85. The summed E-state index contributed by atoms with van der Waals surface area (Å²) in [6.45, 7) is 0. The Morgan fingerprint density at radius 1 is 1.40 bits per heavy atom. The topological polar surface area (TPSA) is 12.0 Å². The molecule has 1 aliphatic heterocycles. The molecule has 1 heterocycles. The molecule has 1 aliphatic rings. The first kappa shape index (κ1) is 5.90. The summed E-state index contributed by atoms with van der Waals surface area (Å²) < 4.78 is 1.11. The molecule has 0 saturated carbocycles. The lowest BCUT2D eigenvalue weighted by molar-refractivity contribution is 1.58. The molecule has 0 unspecified atom stereocenters. The Labute approximate surface area is 67.9 Å². The van der Waals surface area contributed by atoms with Crippen LogP contribution in [0.3, 0.4) is 0 Å². The number of hydrogen-bond donors (Lipinski definition) is 1. The number of halogens is 1. The highest BCUT2D eigenvalue weighted by atomic mass is 79.9. The third kappa shape index (κ3) is 0.737. The van der Waals surface area contributed by atoms with Gasteiger partial charge in [0, 0.05) is 6.07 Å². The largest absolute Gasteiger partial charge is 0.199 e. The van der Waals surface area contributed by atoms with Gasteiger partial charge in [0.1, 0.15) is 12.3 Å². The maximum Gasteiger partial charge on any atom is 0.199 e. The van der Waals surface area contributed by atoms with E-state index < -0.39 is 0 Å². The lowest BCUT2D eigenvalue weighted by atomic mass is 10.2. The van der Waals surface area contributed by atoms with Crippen LogP contribution >= 0.6 is 15.9 Å². The average molecular weight is 195 g/mol. The van der Waals surface area contributed by atoms with Crippen molar-refractivity contribution in [2.75, 3.05) is 5.32 Å². The fourth-order valence-corrected chi connectivity index (χ4v) is 1.46. The van der Waals surface area contributed by atoms with Gasteiger partial charge in [-0.1, -0.05) is 0 Å². The third-order valence-corrected chi connectivity index (χ3v) is 2.17. The van der Waals surface area contributed by atoms with Crippen LogP contribution in [-0.4, -0.2) is 0 Å². The van der Waals surface area contributed by atoms with E-state index in [-0.39, 0.29) is 0 Å². The van der Waals surface area contributed by atoms with E-state index in [9.17, 15) is 0 Å². The van der Waals surface area contributed by atoms with Gasteiger partial charge >= 0.3 is 0 Å². The summed E-state index contributed by atoms with van der Waals surface area (Å²) in [5.74, 6) is 0. The zero-order valence-corrected chi connectivity index (χ0v) is 6.77. The Morgan fingerprint density at radius 3 is 3.10 bits per heavy atom. The van der Waals surface area contributed by atoms with Crippen molar-refractivity contribution in [3.05, 3.63) is 34.4 Å². The van der Waals surface area contributed by atoms with Crippen molar-refractivity contribution in [3.63, 3.8) is 0 Å². The molecule has 0 radical (unpaired) electrons. The first-order valence-corrected chi connectivity index (χ1v) is 3.80. The van der Waals surface area contributed by atoms with E-state index >= 15 is 0 Å². The monoisotopic (exact) mass is 194 g/mol. The number of nitrogens with one attached hydrogen (secondary N) is 1. The fraction of sp³-hybridized carbons (Fsp3) is 0. The highest BCUT2D eigenvalue weighted by molar-refractivity contribution is 9.10. The Kier molecular flexibility index (Phi) is 1.23. The third-order valence-electron chi connectivity index (χ3n) is 1.48. The highest BCUT2D eigenvalue weighted by Gasteiger charge is 2.17. The quantitative estimate of drug-likeness (QED) is 0.627. The van der Waals surface area contributed by atoms with Crippen LogP contribution in [0.2, 0.25) is 0 Å². The zero-order valence-electron chi connectivity index (χ0n) is 5.19. The molecule has 0 bridgehead atoms. The predicted molar refractivity (Wildman–Crippen MR) is 45.5 cm³/mol. The minimum absolute atomic E-state index is 1.11. The van der Waals surface area contributed by atoms with Gasteiger partial charge in [-0.15, -0.1) is 0 Å². The van der Waals surface area contributed by atoms with E-state index in [1.54, 1.807) is 0 Å². The fourth-order valence-electron chi connectivity index (χ4n) is 0.979. The number of hydrogen-bond acceptors (Lipinski definition) is 1. The van der Waals surface area contributed by atoms with Crippen LogP contribution < -0.4 is 5.32 Å². The number of rotatable bonds is 0. The predicted octanol–water partition coefficient (Wildman–Crippen LogP) is 2.65. The molecular weight excluding hydrogens is 190 g/mol. The van der Waals surface area contributed by atoms with Crippen molar-refractivity contribution in [2.45, 2.75) is 0 Å². The minimum Gasteiger partial charge on any atom is -0.197 e. The molecule has 0 fully saturated rings. The maximum absolute atomic E-state index is 3.44. The van der Waals surface area contributed by atoms with E-state index in [0.29, 0.717) is 0 Å². The molecule has 1 aromatic carbocycles. The molecule has 0 saturated heterocycles. The van der Waals surface area contributed by atoms with Crippen LogP contribution in [0.15, 0.2) is 22.7 Å². The van der Waals surface area contributed by atoms with Gasteiger partial charge in [0.25, 0.3) is 0 Å². The molecule has 0 aromatic heterocycles. The molecule has 1 nitrogen and oxygen atoms in total. The van der Waals surface area contributed by atoms with Crippen molar-refractivity contribution in [3.8, 4) is 0 Å². The van der Waals surface area contributed by atoms with Gasteiger partial charge in [-0.05, 0) is 28.1 Å². The van der Waals surface area contributed by atoms with Crippen LogP contribution in [0.5, 0.6) is 0 Å². The van der Waals surface area contributed by atoms with Crippen molar-refractivity contribution in [1.29, 1.82) is 0 Å². The van der Waals surface area contributed by atoms with E-state index in [0.717, 1.165) is 10.2 Å². The van der Waals surface area contributed by atoms with Gasteiger partial charge in [0.05, 0.1) is 4.47 Å². The van der Waals surface area contributed by atoms with Gasteiger partial charge in [-0.3, -0.25) is 0 Å². The summed E-state index contributed by atoms with van der Waals surface area (Å²) in [5.41, 5.74) is 2.30. The first-order chi connectivity index (χ1) is 4.88. The normalized spacial score (nSPS) is 12.1. The van der Waals surface area contributed by atoms with Crippen molar-refractivity contribution in [2.24, 2.45) is 0 Å². The van der Waals surface area contributed by atoms with Crippen LogP contribution in [0, 0.1) is 6.20 Å². The maximum atomic E-state index is 3.44. The van der Waals surface area contributed by atoms with Gasteiger partial charge < -0.3 is 0 Å². The van der Waals surface area contributed by atoms with Crippen LogP contribution in [0.4, 0.5) is 5.69 Å². The Morgan fingerprint density at radius 2 is 2.30 bits per heavy atom. The summed E-state index contributed by atoms with van der Waals surface area (Å²) in [6, 6.07) is 6.04. The van der Waals surface area contributed by atoms with Gasteiger partial charge in [-0.25, -0.2) is 0 Å². The second-order valence-electron chi connectivity index (χ2n) is 2.11. The number of benzene rings is 1. The summed E-state index contributed by atoms with van der Waals surface area (Å²) in [4.78, 5) is 0. The molecule has 0 amide bonds. The summed E-state index contributed by atoms with van der Waals surface area (Å²) in [5, 5.41) is 3.01. The standard InChI is InChI=1S/C8H5BrN/c9-7-2-1-3-8-6(7)4-5-10-8/h1-4,10H/q+1. The molecule has 2 rings (SSSR count). The zero-order chi connectivity index (χ0) is 6.97. The van der Waals surface area contributed by atoms with Crippen LogP contribution in [0.25, 0.3) is 6.08 Å². The van der Waals surface area contributed by atoms with Crippen LogP contribution in [0.1, 0.15) is 5.56 Å².